The summed E-state index contributed by atoms with van der Waals surface area (Å²) in [5.74, 6) is -0.517. The van der Waals surface area contributed by atoms with Crippen LogP contribution >= 0.6 is 23.2 Å². The standard InChI is InChI=1S/C33H41Cl2N3O4S/c1-4-6-20-36-33(40)31(22-26-11-8-7-9-12-26)37(24-27-16-17-28(34)23-30(27)35)32(39)13-10-21-38(43(3,41)42)29-18-14-25(5-2)15-19-29/h7-9,11-12,14-19,23,31H,4-6,10,13,20-22,24H2,1-3H3,(H,36,40)/t31-/m1/s1. The van der Waals surface area contributed by atoms with Crippen molar-refractivity contribution in [3.8, 4) is 0 Å². The van der Waals surface area contributed by atoms with Gasteiger partial charge in [0.2, 0.25) is 21.8 Å². The van der Waals surface area contributed by atoms with Gasteiger partial charge in [0.15, 0.2) is 0 Å². The number of anilines is 1. The van der Waals surface area contributed by atoms with Gasteiger partial charge in [0.1, 0.15) is 6.04 Å². The fourth-order valence-corrected chi connectivity index (χ4v) is 6.23. The van der Waals surface area contributed by atoms with Crippen LogP contribution in [0.15, 0.2) is 72.8 Å². The first-order valence-electron chi connectivity index (χ1n) is 14.6. The lowest BCUT2D eigenvalue weighted by Gasteiger charge is -2.32. The van der Waals surface area contributed by atoms with Crippen molar-refractivity contribution in [1.29, 1.82) is 0 Å². The molecule has 1 atom stereocenters. The van der Waals surface area contributed by atoms with E-state index < -0.39 is 16.1 Å². The molecule has 0 aliphatic carbocycles. The van der Waals surface area contributed by atoms with Crippen LogP contribution in [0.4, 0.5) is 5.69 Å². The summed E-state index contributed by atoms with van der Waals surface area (Å²) in [6.07, 6.45) is 4.37. The summed E-state index contributed by atoms with van der Waals surface area (Å²) in [5, 5.41) is 3.87. The maximum Gasteiger partial charge on any atom is 0.243 e. The van der Waals surface area contributed by atoms with E-state index in [9.17, 15) is 18.0 Å². The van der Waals surface area contributed by atoms with Gasteiger partial charge in [-0.1, -0.05) is 92.0 Å². The van der Waals surface area contributed by atoms with Gasteiger partial charge in [-0.15, -0.1) is 0 Å². The smallest absolute Gasteiger partial charge is 0.243 e. The molecule has 0 saturated heterocycles. The molecule has 0 aliphatic heterocycles. The highest BCUT2D eigenvalue weighted by Gasteiger charge is 2.31. The monoisotopic (exact) mass is 645 g/mol. The van der Waals surface area contributed by atoms with E-state index in [-0.39, 0.29) is 37.7 Å². The first kappa shape index (κ1) is 34.4. The van der Waals surface area contributed by atoms with Gasteiger partial charge in [-0.2, -0.15) is 0 Å². The summed E-state index contributed by atoms with van der Waals surface area (Å²) in [6.45, 7) is 4.81. The van der Waals surface area contributed by atoms with E-state index in [1.165, 1.54) is 4.31 Å². The fraction of sp³-hybridized carbons (Fsp3) is 0.394. The minimum Gasteiger partial charge on any atom is -0.354 e. The number of nitrogens with zero attached hydrogens (tertiary/aromatic N) is 2. The summed E-state index contributed by atoms with van der Waals surface area (Å²) >= 11 is 12.6. The van der Waals surface area contributed by atoms with Crippen LogP contribution in [0.5, 0.6) is 0 Å². The molecular weight excluding hydrogens is 605 g/mol. The molecule has 43 heavy (non-hydrogen) atoms. The third-order valence-corrected chi connectivity index (χ3v) is 9.02. The Morgan fingerprint density at radius 3 is 2.21 bits per heavy atom. The quantitative estimate of drug-likeness (QED) is 0.177. The van der Waals surface area contributed by atoms with Gasteiger partial charge >= 0.3 is 0 Å². The zero-order valence-electron chi connectivity index (χ0n) is 25.1. The number of halogens is 2. The van der Waals surface area contributed by atoms with Crippen LogP contribution in [-0.2, 0) is 39.0 Å². The van der Waals surface area contributed by atoms with Crippen molar-refractivity contribution in [1.82, 2.24) is 10.2 Å². The predicted molar refractivity (Wildman–Crippen MR) is 176 cm³/mol. The van der Waals surface area contributed by atoms with E-state index in [4.69, 9.17) is 23.2 Å². The number of carbonyl (C=O) groups excluding carboxylic acids is 2. The molecule has 0 saturated carbocycles. The number of carbonyl (C=O) groups is 2. The van der Waals surface area contributed by atoms with Crippen LogP contribution in [-0.4, -0.2) is 50.5 Å². The van der Waals surface area contributed by atoms with Crippen molar-refractivity contribution in [2.75, 3.05) is 23.7 Å². The molecule has 0 aromatic heterocycles. The van der Waals surface area contributed by atoms with Gasteiger partial charge in [0, 0.05) is 42.5 Å². The van der Waals surface area contributed by atoms with Crippen molar-refractivity contribution < 1.29 is 18.0 Å². The molecule has 2 amide bonds. The highest BCUT2D eigenvalue weighted by Crippen LogP contribution is 2.25. The van der Waals surface area contributed by atoms with Gasteiger partial charge in [-0.05, 0) is 60.2 Å². The van der Waals surface area contributed by atoms with Crippen LogP contribution in [0.2, 0.25) is 10.0 Å². The second-order valence-corrected chi connectivity index (χ2v) is 13.3. The Kier molecular flexibility index (Phi) is 13.4. The van der Waals surface area contributed by atoms with Crippen LogP contribution in [0, 0.1) is 0 Å². The summed E-state index contributed by atoms with van der Waals surface area (Å²) in [6, 6.07) is 21.2. The molecule has 7 nitrogen and oxygen atoms in total. The first-order chi connectivity index (χ1) is 20.5. The van der Waals surface area contributed by atoms with Crippen LogP contribution in [0.3, 0.4) is 0 Å². The fourth-order valence-electron chi connectivity index (χ4n) is 4.80. The lowest BCUT2D eigenvalue weighted by atomic mass is 10.0. The largest absolute Gasteiger partial charge is 0.354 e. The molecule has 0 spiro atoms. The highest BCUT2D eigenvalue weighted by atomic mass is 35.5. The average Bonchev–Trinajstić information content (AvgIpc) is 2.98. The Morgan fingerprint density at radius 1 is 0.907 bits per heavy atom. The SMILES string of the molecule is CCCCNC(=O)[C@@H](Cc1ccccc1)N(Cc1ccc(Cl)cc1Cl)C(=O)CCCN(c1ccc(CC)cc1)S(C)(=O)=O. The Bertz CT molecular complexity index is 1450. The second-order valence-electron chi connectivity index (χ2n) is 10.6. The zero-order valence-corrected chi connectivity index (χ0v) is 27.4. The third kappa shape index (κ3) is 10.6. The third-order valence-electron chi connectivity index (χ3n) is 7.24. The van der Waals surface area contributed by atoms with Gasteiger partial charge in [0.05, 0.1) is 11.9 Å². The predicted octanol–water partition coefficient (Wildman–Crippen LogP) is 6.66. The number of unbranched alkanes of at least 4 members (excludes halogenated alkanes) is 1. The average molecular weight is 647 g/mol. The maximum atomic E-state index is 14.0. The Balaban J connectivity index is 1.89. The Labute approximate surface area is 266 Å². The number of nitrogens with one attached hydrogen (secondary N) is 1. The molecule has 0 radical (unpaired) electrons. The number of benzene rings is 3. The second kappa shape index (κ2) is 16.7. The van der Waals surface area contributed by atoms with E-state index >= 15 is 0 Å². The normalized spacial score (nSPS) is 12.0. The Morgan fingerprint density at radius 2 is 1.60 bits per heavy atom. The lowest BCUT2D eigenvalue weighted by Crippen LogP contribution is -2.50. The molecule has 3 aromatic rings. The van der Waals surface area contributed by atoms with Crippen LogP contribution < -0.4 is 9.62 Å². The minimum atomic E-state index is -3.58. The van der Waals surface area contributed by atoms with Crippen LogP contribution in [0.1, 0.15) is 56.2 Å². The summed E-state index contributed by atoms with van der Waals surface area (Å²) < 4.78 is 26.7. The molecule has 3 rings (SSSR count). The number of hydrogen-bond donors (Lipinski definition) is 1. The van der Waals surface area contributed by atoms with Crippen molar-refractivity contribution >= 4 is 50.7 Å². The van der Waals surface area contributed by atoms with E-state index in [0.717, 1.165) is 36.6 Å². The van der Waals surface area contributed by atoms with Gasteiger partial charge in [-0.3, -0.25) is 13.9 Å². The summed E-state index contributed by atoms with van der Waals surface area (Å²) in [7, 11) is -3.58. The summed E-state index contributed by atoms with van der Waals surface area (Å²) in [4.78, 5) is 29.1. The van der Waals surface area contributed by atoms with Gasteiger partial charge in [0.25, 0.3) is 0 Å². The maximum absolute atomic E-state index is 14.0. The molecule has 0 unspecified atom stereocenters. The Hall–Kier alpha value is -3.07. The lowest BCUT2D eigenvalue weighted by molar-refractivity contribution is -0.141. The molecule has 10 heteroatoms. The number of sulfonamides is 1. The molecule has 0 aliphatic rings. The molecule has 3 aromatic carbocycles. The zero-order chi connectivity index (χ0) is 31.4. The number of aryl methyl sites for hydroxylation is 1. The molecular formula is C33H41Cl2N3O4S. The molecule has 1 N–H and O–H groups in total. The highest BCUT2D eigenvalue weighted by molar-refractivity contribution is 7.92. The van der Waals surface area contributed by atoms with E-state index in [1.54, 1.807) is 35.2 Å². The number of hydrogen-bond acceptors (Lipinski definition) is 4. The van der Waals surface area contributed by atoms with Crippen molar-refractivity contribution in [3.05, 3.63) is 99.5 Å². The molecule has 0 heterocycles. The van der Waals surface area contributed by atoms with Crippen molar-refractivity contribution in [2.45, 2.75) is 65.0 Å². The first-order valence-corrected chi connectivity index (χ1v) is 17.3. The van der Waals surface area contributed by atoms with E-state index in [1.807, 2.05) is 56.3 Å². The van der Waals surface area contributed by atoms with E-state index in [2.05, 4.69) is 5.32 Å². The molecule has 232 valence electrons. The van der Waals surface area contributed by atoms with Crippen molar-refractivity contribution in [3.63, 3.8) is 0 Å². The number of rotatable bonds is 16. The molecule has 0 fully saturated rings. The summed E-state index contributed by atoms with van der Waals surface area (Å²) in [5.41, 5.74) is 3.23. The van der Waals surface area contributed by atoms with Crippen LogP contribution in [0.25, 0.3) is 0 Å². The van der Waals surface area contributed by atoms with E-state index in [0.29, 0.717) is 34.3 Å². The topological polar surface area (TPSA) is 86.8 Å². The number of amides is 2. The van der Waals surface area contributed by atoms with Gasteiger partial charge < -0.3 is 10.2 Å². The minimum absolute atomic E-state index is 0.0395. The van der Waals surface area contributed by atoms with Crippen molar-refractivity contribution in [2.24, 2.45) is 0 Å². The van der Waals surface area contributed by atoms with Gasteiger partial charge in [-0.25, -0.2) is 8.42 Å². The molecule has 0 bridgehead atoms.